The predicted molar refractivity (Wildman–Crippen MR) is 64.1 cm³/mol. The molecule has 14 heavy (non-hydrogen) atoms. The molecular formula is C13H19N. The number of hydrogen-bond acceptors (Lipinski definition) is 1. The van der Waals surface area contributed by atoms with Crippen LogP contribution in [0.5, 0.6) is 0 Å². The van der Waals surface area contributed by atoms with Gasteiger partial charge in [-0.1, -0.05) is 30.8 Å². The molecule has 1 aromatic rings. The number of rotatable bonds is 1. The maximum atomic E-state index is 6.85. The average Bonchev–Trinajstić information content (AvgIpc) is 2.11. The average molecular weight is 189 g/mol. The second-order valence-electron chi connectivity index (χ2n) is 3.49. The van der Waals surface area contributed by atoms with Gasteiger partial charge in [0.05, 0.1) is 0 Å². The van der Waals surface area contributed by atoms with Crippen molar-refractivity contribution in [3.8, 4) is 0 Å². The molecule has 0 bridgehead atoms. The molecule has 0 amide bonds. The molecule has 1 rings (SSSR count). The van der Waals surface area contributed by atoms with E-state index in [1.54, 1.807) is 6.92 Å². The van der Waals surface area contributed by atoms with Crippen molar-refractivity contribution in [3.05, 3.63) is 47.5 Å². The zero-order valence-electron chi connectivity index (χ0n) is 9.52. The maximum absolute atomic E-state index is 6.85. The van der Waals surface area contributed by atoms with Crippen LogP contribution >= 0.6 is 0 Å². The molecule has 0 radical (unpaired) electrons. The van der Waals surface area contributed by atoms with Gasteiger partial charge in [-0.05, 0) is 44.4 Å². The third-order valence-corrected chi connectivity index (χ3v) is 2.07. The highest BCUT2D eigenvalue weighted by Crippen LogP contribution is 2.02. The van der Waals surface area contributed by atoms with E-state index in [0.29, 0.717) is 5.71 Å². The van der Waals surface area contributed by atoms with Crippen LogP contribution in [0.4, 0.5) is 0 Å². The summed E-state index contributed by atoms with van der Waals surface area (Å²) < 4.78 is 0. The molecule has 0 aliphatic carbocycles. The molecule has 0 fully saturated rings. The van der Waals surface area contributed by atoms with E-state index in [9.17, 15) is 0 Å². The summed E-state index contributed by atoms with van der Waals surface area (Å²) in [5.74, 6) is 0. The zero-order chi connectivity index (χ0) is 11.1. The Morgan fingerprint density at radius 3 is 1.50 bits per heavy atom. The van der Waals surface area contributed by atoms with Gasteiger partial charge in [0.2, 0.25) is 0 Å². The van der Waals surface area contributed by atoms with E-state index in [4.69, 9.17) is 5.41 Å². The second-order valence-corrected chi connectivity index (χ2v) is 3.49. The number of aryl methyl sites for hydroxylation is 2. The molecule has 1 aromatic carbocycles. The van der Waals surface area contributed by atoms with Crippen molar-refractivity contribution in [2.24, 2.45) is 0 Å². The summed E-state index contributed by atoms with van der Waals surface area (Å²) in [7, 11) is 0. The van der Waals surface area contributed by atoms with Crippen LogP contribution in [0.2, 0.25) is 0 Å². The molecule has 0 unspecified atom stereocenters. The van der Waals surface area contributed by atoms with Crippen LogP contribution in [0.15, 0.2) is 36.4 Å². The van der Waals surface area contributed by atoms with Crippen molar-refractivity contribution in [1.82, 2.24) is 0 Å². The van der Waals surface area contributed by atoms with Crippen LogP contribution < -0.4 is 0 Å². The smallest absolute Gasteiger partial charge is 0.0306 e. The summed E-state index contributed by atoms with van der Waals surface area (Å²) in [6, 6.07) is 8.36. The minimum atomic E-state index is 0.565. The van der Waals surface area contributed by atoms with Gasteiger partial charge in [-0.3, -0.25) is 0 Å². The molecule has 0 saturated heterocycles. The van der Waals surface area contributed by atoms with E-state index in [-0.39, 0.29) is 0 Å². The standard InChI is InChI=1S/C8H10.C5H9N/c1-7-5-3-4-6-8(7)2;1-4(2)5(3)6/h3-6H,1-2H3;6H,1H2,2-3H3. The third kappa shape index (κ3) is 5.31. The lowest BCUT2D eigenvalue weighted by Crippen LogP contribution is -1.84. The Hall–Kier alpha value is -1.37. The fourth-order valence-corrected chi connectivity index (χ4v) is 0.663. The fourth-order valence-electron chi connectivity index (χ4n) is 0.663. The summed E-state index contributed by atoms with van der Waals surface area (Å²) in [5, 5.41) is 6.85. The summed E-state index contributed by atoms with van der Waals surface area (Å²) >= 11 is 0. The molecule has 0 saturated carbocycles. The first-order chi connectivity index (χ1) is 6.45. The van der Waals surface area contributed by atoms with E-state index in [2.05, 4.69) is 44.7 Å². The van der Waals surface area contributed by atoms with Gasteiger partial charge in [-0.15, -0.1) is 0 Å². The molecule has 0 aliphatic rings. The van der Waals surface area contributed by atoms with Gasteiger partial charge in [0.1, 0.15) is 0 Å². The van der Waals surface area contributed by atoms with Gasteiger partial charge in [0, 0.05) is 5.71 Å². The quantitative estimate of drug-likeness (QED) is 0.648. The van der Waals surface area contributed by atoms with Crippen molar-refractivity contribution >= 4 is 5.71 Å². The van der Waals surface area contributed by atoms with Crippen molar-refractivity contribution in [2.75, 3.05) is 0 Å². The topological polar surface area (TPSA) is 23.9 Å². The van der Waals surface area contributed by atoms with Crippen molar-refractivity contribution in [1.29, 1.82) is 5.41 Å². The van der Waals surface area contributed by atoms with Crippen LogP contribution in [0.3, 0.4) is 0 Å². The Morgan fingerprint density at radius 1 is 1.07 bits per heavy atom. The van der Waals surface area contributed by atoms with E-state index < -0.39 is 0 Å². The molecule has 0 atom stereocenters. The van der Waals surface area contributed by atoms with E-state index >= 15 is 0 Å². The molecule has 76 valence electrons. The molecule has 1 heteroatoms. The number of hydrogen-bond donors (Lipinski definition) is 1. The molecule has 0 heterocycles. The van der Waals surface area contributed by atoms with Gasteiger partial charge in [0.15, 0.2) is 0 Å². The van der Waals surface area contributed by atoms with Gasteiger partial charge in [-0.2, -0.15) is 0 Å². The summed E-state index contributed by atoms with van der Waals surface area (Å²) in [6.45, 7) is 11.3. The van der Waals surface area contributed by atoms with Crippen LogP contribution in [0.1, 0.15) is 25.0 Å². The normalized spacial score (nSPS) is 8.57. The van der Waals surface area contributed by atoms with Crippen LogP contribution in [0, 0.1) is 19.3 Å². The lowest BCUT2D eigenvalue weighted by atomic mass is 10.1. The Kier molecular flexibility index (Phi) is 5.54. The highest BCUT2D eigenvalue weighted by Gasteiger charge is 1.83. The molecule has 0 aliphatic heterocycles. The van der Waals surface area contributed by atoms with Crippen LogP contribution in [-0.4, -0.2) is 5.71 Å². The van der Waals surface area contributed by atoms with E-state index in [0.717, 1.165) is 5.57 Å². The Morgan fingerprint density at radius 2 is 1.36 bits per heavy atom. The predicted octanol–water partition coefficient (Wildman–Crippen LogP) is 3.91. The number of nitrogens with one attached hydrogen (secondary N) is 1. The minimum Gasteiger partial charge on any atom is -0.305 e. The van der Waals surface area contributed by atoms with Gasteiger partial charge >= 0.3 is 0 Å². The third-order valence-electron chi connectivity index (χ3n) is 2.07. The zero-order valence-corrected chi connectivity index (χ0v) is 9.52. The lowest BCUT2D eigenvalue weighted by molar-refractivity contribution is 1.34. The first kappa shape index (κ1) is 12.6. The molecule has 1 N–H and O–H groups in total. The highest BCUT2D eigenvalue weighted by molar-refractivity contribution is 5.94. The molecule has 0 aromatic heterocycles. The largest absolute Gasteiger partial charge is 0.305 e. The maximum Gasteiger partial charge on any atom is 0.0306 e. The van der Waals surface area contributed by atoms with Gasteiger partial charge in [0.25, 0.3) is 0 Å². The Bertz CT molecular complexity index is 291. The van der Waals surface area contributed by atoms with Crippen molar-refractivity contribution in [3.63, 3.8) is 0 Å². The Labute approximate surface area is 87.0 Å². The summed E-state index contributed by atoms with van der Waals surface area (Å²) in [4.78, 5) is 0. The fraction of sp³-hybridized carbons (Fsp3) is 0.308. The SMILES string of the molecule is C=C(C)C(C)=N.Cc1ccccc1C. The summed E-state index contributed by atoms with van der Waals surface area (Å²) in [6.07, 6.45) is 0. The minimum absolute atomic E-state index is 0.565. The van der Waals surface area contributed by atoms with E-state index in [1.807, 2.05) is 6.92 Å². The molecule has 0 spiro atoms. The monoisotopic (exact) mass is 189 g/mol. The lowest BCUT2D eigenvalue weighted by Gasteiger charge is -1.93. The molecule has 1 nitrogen and oxygen atoms in total. The first-order valence-electron chi connectivity index (χ1n) is 4.68. The van der Waals surface area contributed by atoms with Crippen molar-refractivity contribution in [2.45, 2.75) is 27.7 Å². The molecular weight excluding hydrogens is 170 g/mol. The number of benzene rings is 1. The van der Waals surface area contributed by atoms with E-state index in [1.165, 1.54) is 11.1 Å². The van der Waals surface area contributed by atoms with Gasteiger partial charge in [-0.25, -0.2) is 0 Å². The summed E-state index contributed by atoms with van der Waals surface area (Å²) in [5.41, 5.74) is 4.14. The van der Waals surface area contributed by atoms with Crippen LogP contribution in [-0.2, 0) is 0 Å². The second kappa shape index (κ2) is 6.14. The first-order valence-corrected chi connectivity index (χ1v) is 4.68. The highest BCUT2D eigenvalue weighted by atomic mass is 14.4. The van der Waals surface area contributed by atoms with Crippen LogP contribution in [0.25, 0.3) is 0 Å². The Balaban J connectivity index is 0.000000255. The van der Waals surface area contributed by atoms with Gasteiger partial charge < -0.3 is 5.41 Å². The number of allylic oxidation sites excluding steroid dienone is 1. The van der Waals surface area contributed by atoms with Crippen molar-refractivity contribution < 1.29 is 0 Å².